The number of aromatic nitrogens is 5. The number of pyridine rings is 1. The minimum atomic E-state index is -0.123. The lowest BCUT2D eigenvalue weighted by Gasteiger charge is -2.00. The number of aromatic amines is 2. The lowest BCUT2D eigenvalue weighted by atomic mass is 10.1. The second-order valence-electron chi connectivity index (χ2n) is 5.66. The molecule has 0 unspecified atom stereocenters. The number of nitrogens with zero attached hydrogens (tertiary/aromatic N) is 3. The zero-order valence-electron chi connectivity index (χ0n) is 13.4. The summed E-state index contributed by atoms with van der Waals surface area (Å²) in [5.41, 5.74) is 3.01. The molecule has 0 aliphatic heterocycles. The number of rotatable bonds is 5. The van der Waals surface area contributed by atoms with Crippen molar-refractivity contribution in [2.75, 3.05) is 5.32 Å². The summed E-state index contributed by atoms with van der Waals surface area (Å²) in [7, 11) is 0. The first-order chi connectivity index (χ1) is 12.3. The van der Waals surface area contributed by atoms with E-state index >= 15 is 0 Å². The fourth-order valence-electron chi connectivity index (χ4n) is 2.72. The van der Waals surface area contributed by atoms with E-state index in [4.69, 9.17) is 0 Å². The number of amides is 1. The molecule has 7 heteroatoms. The van der Waals surface area contributed by atoms with Crippen LogP contribution in [0.5, 0.6) is 0 Å². The highest BCUT2D eigenvalue weighted by Gasteiger charge is 2.10. The van der Waals surface area contributed by atoms with Crippen LogP contribution in [0.1, 0.15) is 12.0 Å². The number of carbonyl (C=O) groups is 1. The number of fused-ring (bicyclic) bond motifs is 1. The monoisotopic (exact) mass is 332 g/mol. The van der Waals surface area contributed by atoms with Gasteiger partial charge in [0.05, 0.1) is 0 Å². The molecule has 0 atom stereocenters. The molecule has 3 aromatic heterocycles. The van der Waals surface area contributed by atoms with Crippen molar-refractivity contribution in [3.63, 3.8) is 0 Å². The van der Waals surface area contributed by atoms with Crippen LogP contribution in [-0.4, -0.2) is 31.1 Å². The van der Waals surface area contributed by atoms with Crippen LogP contribution >= 0.6 is 0 Å². The van der Waals surface area contributed by atoms with E-state index in [1.807, 2.05) is 36.5 Å². The Balaban J connectivity index is 1.39. The minimum absolute atomic E-state index is 0.123. The van der Waals surface area contributed by atoms with Crippen LogP contribution in [-0.2, 0) is 11.2 Å². The predicted molar refractivity (Wildman–Crippen MR) is 94.9 cm³/mol. The number of hydrogen-bond acceptors (Lipinski definition) is 4. The van der Waals surface area contributed by atoms with E-state index in [-0.39, 0.29) is 11.9 Å². The van der Waals surface area contributed by atoms with Crippen molar-refractivity contribution in [3.05, 3.63) is 60.6 Å². The number of benzene rings is 1. The van der Waals surface area contributed by atoms with Gasteiger partial charge in [-0.3, -0.25) is 20.2 Å². The molecule has 0 aliphatic rings. The molecule has 0 fully saturated rings. The molecule has 4 aromatic rings. The predicted octanol–water partition coefficient (Wildman–Crippen LogP) is 2.92. The molecule has 0 spiro atoms. The molecule has 0 radical (unpaired) electrons. The van der Waals surface area contributed by atoms with E-state index < -0.39 is 0 Å². The standard InChI is InChI=1S/C18H16N6O/c25-16(8-7-12-11-20-15-6-2-1-5-14(12)15)21-18-22-17(23-24-18)13-4-3-9-19-10-13/h1-6,9-11,20H,7-8H2,(H2,21,22,23,24,25). The summed E-state index contributed by atoms with van der Waals surface area (Å²) in [4.78, 5) is 23.7. The molecule has 0 saturated carbocycles. The van der Waals surface area contributed by atoms with Crippen molar-refractivity contribution >= 4 is 22.8 Å². The van der Waals surface area contributed by atoms with Gasteiger partial charge in [0.15, 0.2) is 5.82 Å². The maximum Gasteiger partial charge on any atom is 0.249 e. The van der Waals surface area contributed by atoms with Gasteiger partial charge in [-0.05, 0) is 30.2 Å². The largest absolute Gasteiger partial charge is 0.361 e. The fourth-order valence-corrected chi connectivity index (χ4v) is 2.72. The Morgan fingerprint density at radius 1 is 1.16 bits per heavy atom. The summed E-state index contributed by atoms with van der Waals surface area (Å²) in [6.45, 7) is 0. The van der Waals surface area contributed by atoms with Crippen molar-refractivity contribution in [1.82, 2.24) is 25.1 Å². The number of hydrogen-bond donors (Lipinski definition) is 3. The summed E-state index contributed by atoms with van der Waals surface area (Å²) in [6.07, 6.45) is 6.33. The van der Waals surface area contributed by atoms with Gasteiger partial charge in [-0.1, -0.05) is 18.2 Å². The Morgan fingerprint density at radius 2 is 2.08 bits per heavy atom. The van der Waals surface area contributed by atoms with Crippen molar-refractivity contribution in [3.8, 4) is 11.4 Å². The van der Waals surface area contributed by atoms with E-state index in [9.17, 15) is 4.79 Å². The van der Waals surface area contributed by atoms with Crippen molar-refractivity contribution in [2.24, 2.45) is 0 Å². The van der Waals surface area contributed by atoms with Crippen molar-refractivity contribution in [2.45, 2.75) is 12.8 Å². The molecule has 0 saturated heterocycles. The molecule has 25 heavy (non-hydrogen) atoms. The molecular weight excluding hydrogens is 316 g/mol. The van der Waals surface area contributed by atoms with Crippen LogP contribution < -0.4 is 5.32 Å². The molecular formula is C18H16N6O. The Morgan fingerprint density at radius 3 is 2.96 bits per heavy atom. The third-order valence-corrected chi connectivity index (χ3v) is 3.97. The highest BCUT2D eigenvalue weighted by atomic mass is 16.1. The molecule has 4 rings (SSSR count). The molecule has 1 amide bonds. The molecule has 124 valence electrons. The maximum absolute atomic E-state index is 12.2. The fraction of sp³-hybridized carbons (Fsp3) is 0.111. The number of aryl methyl sites for hydroxylation is 1. The number of nitrogens with one attached hydrogen (secondary N) is 3. The molecule has 3 N–H and O–H groups in total. The lowest BCUT2D eigenvalue weighted by Crippen LogP contribution is -2.13. The molecule has 1 aromatic carbocycles. The number of carbonyl (C=O) groups excluding carboxylic acids is 1. The normalized spacial score (nSPS) is 10.9. The third kappa shape index (κ3) is 3.25. The van der Waals surface area contributed by atoms with Gasteiger partial charge < -0.3 is 4.98 Å². The summed E-state index contributed by atoms with van der Waals surface area (Å²) in [5, 5.41) is 10.7. The highest BCUT2D eigenvalue weighted by molar-refractivity contribution is 5.90. The minimum Gasteiger partial charge on any atom is -0.361 e. The molecule has 0 bridgehead atoms. The zero-order valence-corrected chi connectivity index (χ0v) is 13.4. The van der Waals surface area contributed by atoms with E-state index in [1.165, 1.54) is 0 Å². The van der Waals surface area contributed by atoms with E-state index in [1.54, 1.807) is 12.4 Å². The average Bonchev–Trinajstić information content (AvgIpc) is 3.28. The summed E-state index contributed by atoms with van der Waals surface area (Å²) in [6, 6.07) is 11.7. The first-order valence-corrected chi connectivity index (χ1v) is 7.97. The molecule has 7 nitrogen and oxygen atoms in total. The van der Waals surface area contributed by atoms with Crippen LogP contribution in [0.4, 0.5) is 5.95 Å². The highest BCUT2D eigenvalue weighted by Crippen LogP contribution is 2.19. The summed E-state index contributed by atoms with van der Waals surface area (Å²) >= 11 is 0. The number of para-hydroxylation sites is 1. The number of anilines is 1. The molecule has 0 aliphatic carbocycles. The van der Waals surface area contributed by atoms with Gasteiger partial charge in [0, 0.05) is 41.5 Å². The van der Waals surface area contributed by atoms with E-state index in [0.29, 0.717) is 18.7 Å². The SMILES string of the molecule is O=C(CCc1c[nH]c2ccccc12)Nc1n[nH]c(-c2cccnc2)n1. The average molecular weight is 332 g/mol. The lowest BCUT2D eigenvalue weighted by molar-refractivity contribution is -0.116. The Kier molecular flexibility index (Phi) is 3.96. The second-order valence-corrected chi connectivity index (χ2v) is 5.66. The van der Waals surface area contributed by atoms with Gasteiger partial charge in [0.1, 0.15) is 0 Å². The Hall–Kier alpha value is -3.48. The van der Waals surface area contributed by atoms with Gasteiger partial charge in [-0.2, -0.15) is 4.98 Å². The molecule has 3 heterocycles. The van der Waals surface area contributed by atoms with Crippen LogP contribution in [0.15, 0.2) is 55.0 Å². The van der Waals surface area contributed by atoms with Crippen LogP contribution in [0.25, 0.3) is 22.3 Å². The smallest absolute Gasteiger partial charge is 0.249 e. The topological polar surface area (TPSA) is 99.3 Å². The summed E-state index contributed by atoms with van der Waals surface area (Å²) in [5.74, 6) is 0.713. The van der Waals surface area contributed by atoms with Crippen molar-refractivity contribution < 1.29 is 4.79 Å². The summed E-state index contributed by atoms with van der Waals surface area (Å²) < 4.78 is 0. The van der Waals surface area contributed by atoms with Crippen LogP contribution in [0.3, 0.4) is 0 Å². The quantitative estimate of drug-likeness (QED) is 0.523. The Labute approximate surface area is 143 Å². The Bertz CT molecular complexity index is 1000. The third-order valence-electron chi connectivity index (χ3n) is 3.97. The van der Waals surface area contributed by atoms with Crippen molar-refractivity contribution in [1.29, 1.82) is 0 Å². The van der Waals surface area contributed by atoms with Gasteiger partial charge in [0.25, 0.3) is 0 Å². The van der Waals surface area contributed by atoms with Gasteiger partial charge in [0.2, 0.25) is 11.9 Å². The van der Waals surface area contributed by atoms with Crippen LogP contribution in [0.2, 0.25) is 0 Å². The van der Waals surface area contributed by atoms with Gasteiger partial charge >= 0.3 is 0 Å². The van der Waals surface area contributed by atoms with Crippen LogP contribution in [0, 0.1) is 0 Å². The van der Waals surface area contributed by atoms with E-state index in [0.717, 1.165) is 22.0 Å². The second kappa shape index (κ2) is 6.56. The zero-order chi connectivity index (χ0) is 17.1. The number of H-pyrrole nitrogens is 2. The maximum atomic E-state index is 12.2. The van der Waals surface area contributed by atoms with Gasteiger partial charge in [-0.25, -0.2) is 0 Å². The van der Waals surface area contributed by atoms with E-state index in [2.05, 4.69) is 36.5 Å². The van der Waals surface area contributed by atoms with Gasteiger partial charge in [-0.15, -0.1) is 5.10 Å². The first-order valence-electron chi connectivity index (χ1n) is 7.97. The first kappa shape index (κ1) is 15.1.